The van der Waals surface area contributed by atoms with Gasteiger partial charge in [-0.25, -0.2) is 0 Å². The fraction of sp³-hybridized carbons (Fsp3) is 0.419. The van der Waals surface area contributed by atoms with Gasteiger partial charge in [-0.1, -0.05) is 30.3 Å². The number of thiophene rings is 1. The summed E-state index contributed by atoms with van der Waals surface area (Å²) in [6, 6.07) is 18.7. The summed E-state index contributed by atoms with van der Waals surface area (Å²) in [4.78, 5) is 31.1. The predicted molar refractivity (Wildman–Crippen MR) is 160 cm³/mol. The van der Waals surface area contributed by atoms with Crippen molar-refractivity contribution in [1.82, 2.24) is 4.90 Å². The maximum Gasteiger partial charge on any atom is 0.264 e. The number of nitrogens with two attached hydrogens (primary N) is 1. The molecule has 0 bridgehead atoms. The molecule has 2 aromatic carbocycles. The molecule has 40 heavy (non-hydrogen) atoms. The highest BCUT2D eigenvalue weighted by atomic mass is 32.1. The molecule has 0 atom stereocenters. The molecular weight excluding hydrogens is 524 g/mol. The number of carbonyl (C=O) groups excluding carboxylic acids is 2. The lowest BCUT2D eigenvalue weighted by molar-refractivity contribution is -0.119. The highest BCUT2D eigenvalue weighted by Gasteiger charge is 2.29. The van der Waals surface area contributed by atoms with E-state index in [-0.39, 0.29) is 30.5 Å². The Labute approximate surface area is 240 Å². The van der Waals surface area contributed by atoms with Gasteiger partial charge in [-0.05, 0) is 72.0 Å². The van der Waals surface area contributed by atoms with Crippen molar-refractivity contribution >= 4 is 34.5 Å². The van der Waals surface area contributed by atoms with Crippen LogP contribution in [0.5, 0.6) is 0 Å². The second-order valence-corrected chi connectivity index (χ2v) is 11.4. The van der Waals surface area contributed by atoms with Gasteiger partial charge in [0.05, 0.1) is 29.5 Å². The highest BCUT2D eigenvalue weighted by Crippen LogP contribution is 2.33. The van der Waals surface area contributed by atoms with E-state index in [9.17, 15) is 9.59 Å². The summed E-state index contributed by atoms with van der Waals surface area (Å²) in [7, 11) is 1.51. The Morgan fingerprint density at radius 3 is 2.55 bits per heavy atom. The predicted octanol–water partition coefficient (Wildman–Crippen LogP) is 4.75. The Bertz CT molecular complexity index is 1280. The molecule has 1 aliphatic heterocycles. The first kappa shape index (κ1) is 28.3. The number of anilines is 2. The monoisotopic (exact) mass is 562 g/mol. The number of hydrogen-bond acceptors (Lipinski definition) is 7. The summed E-state index contributed by atoms with van der Waals surface area (Å²) in [6.07, 6.45) is 3.72. The second kappa shape index (κ2) is 13.4. The minimum atomic E-state index is -0.196. The molecule has 2 amide bonds. The van der Waals surface area contributed by atoms with Crippen LogP contribution in [0.1, 0.15) is 40.9 Å². The first-order valence-electron chi connectivity index (χ1n) is 14.0. The van der Waals surface area contributed by atoms with E-state index in [0.29, 0.717) is 19.8 Å². The van der Waals surface area contributed by atoms with Crippen LogP contribution >= 0.6 is 11.3 Å². The van der Waals surface area contributed by atoms with Crippen LogP contribution in [0.25, 0.3) is 11.1 Å². The van der Waals surface area contributed by atoms with Crippen LogP contribution in [-0.2, 0) is 20.8 Å². The quantitative estimate of drug-likeness (QED) is 0.391. The van der Waals surface area contributed by atoms with Crippen LogP contribution in [-0.4, -0.2) is 68.8 Å². The molecule has 1 aliphatic carbocycles. The molecule has 3 N–H and O–H groups in total. The number of carbonyl (C=O) groups is 2. The van der Waals surface area contributed by atoms with Gasteiger partial charge in [0.15, 0.2) is 0 Å². The van der Waals surface area contributed by atoms with Gasteiger partial charge in [0, 0.05) is 38.8 Å². The lowest BCUT2D eigenvalue weighted by Crippen LogP contribution is -2.43. The lowest BCUT2D eigenvalue weighted by atomic mass is 9.90. The number of rotatable bonds is 9. The molecule has 8 nitrogen and oxygen atoms in total. The standard InChI is InChI=1S/C31H38N4O4S/c1-38-21-30(36)33-27-19-24(7-12-28(27)34-13-15-39-16-14-34)23-5-2-4-22(18-23)20-35(26-10-8-25(32)9-11-26)31(37)29-6-3-17-40-29/h2-7,12,17-19,25-26H,8-11,13-16,20-21,32H2,1H3,(H,33,36). The summed E-state index contributed by atoms with van der Waals surface area (Å²) in [5.74, 6) is -0.114. The molecule has 9 heteroatoms. The van der Waals surface area contributed by atoms with Crippen molar-refractivity contribution in [3.63, 3.8) is 0 Å². The summed E-state index contributed by atoms with van der Waals surface area (Å²) < 4.78 is 10.6. The fourth-order valence-corrected chi connectivity index (χ4v) is 6.26. The molecule has 2 fully saturated rings. The molecule has 1 saturated heterocycles. The third-order valence-electron chi connectivity index (χ3n) is 7.69. The zero-order valence-electron chi connectivity index (χ0n) is 23.0. The topological polar surface area (TPSA) is 97.1 Å². The van der Waals surface area contributed by atoms with E-state index in [1.807, 2.05) is 34.5 Å². The third-order valence-corrected chi connectivity index (χ3v) is 8.54. The SMILES string of the molecule is COCC(=O)Nc1cc(-c2cccc(CN(C(=O)c3cccs3)C3CCC(N)CC3)c2)ccc1N1CCOCC1. The summed E-state index contributed by atoms with van der Waals surface area (Å²) >= 11 is 1.49. The van der Waals surface area contributed by atoms with Crippen LogP contribution in [0, 0.1) is 0 Å². The van der Waals surface area contributed by atoms with Crippen molar-refractivity contribution in [2.45, 2.75) is 44.3 Å². The van der Waals surface area contributed by atoms with Gasteiger partial charge in [0.2, 0.25) is 5.91 Å². The summed E-state index contributed by atoms with van der Waals surface area (Å²) in [6.45, 7) is 3.37. The van der Waals surface area contributed by atoms with E-state index in [4.69, 9.17) is 15.2 Å². The van der Waals surface area contributed by atoms with Gasteiger partial charge in [-0.3, -0.25) is 9.59 Å². The Morgan fingerprint density at radius 1 is 1.05 bits per heavy atom. The molecule has 2 aliphatic rings. The first-order chi connectivity index (χ1) is 19.5. The molecule has 1 saturated carbocycles. The van der Waals surface area contributed by atoms with Crippen molar-refractivity contribution in [3.8, 4) is 11.1 Å². The number of nitrogens with one attached hydrogen (secondary N) is 1. The first-order valence-corrected chi connectivity index (χ1v) is 14.8. The Hall–Kier alpha value is -3.24. The van der Waals surface area contributed by atoms with Crippen LogP contribution in [0.3, 0.4) is 0 Å². The van der Waals surface area contributed by atoms with Crippen molar-refractivity contribution in [3.05, 3.63) is 70.4 Å². The van der Waals surface area contributed by atoms with E-state index >= 15 is 0 Å². The number of methoxy groups -OCH3 is 1. The molecule has 3 aromatic rings. The minimum absolute atomic E-state index is 0.0115. The molecule has 2 heterocycles. The Morgan fingerprint density at radius 2 is 1.82 bits per heavy atom. The average Bonchev–Trinajstić information content (AvgIpc) is 3.52. The maximum atomic E-state index is 13.6. The summed E-state index contributed by atoms with van der Waals surface area (Å²) in [5, 5.41) is 4.99. The second-order valence-electron chi connectivity index (χ2n) is 10.5. The molecule has 0 unspecified atom stereocenters. The Balaban J connectivity index is 1.42. The zero-order chi connectivity index (χ0) is 27.9. The van der Waals surface area contributed by atoms with Gasteiger partial charge in [0.25, 0.3) is 5.91 Å². The van der Waals surface area contributed by atoms with E-state index in [1.165, 1.54) is 18.4 Å². The average molecular weight is 563 g/mol. The Kier molecular flexibility index (Phi) is 9.49. The van der Waals surface area contributed by atoms with Crippen LogP contribution in [0.15, 0.2) is 60.0 Å². The van der Waals surface area contributed by atoms with Crippen molar-refractivity contribution in [2.75, 3.05) is 50.2 Å². The number of morpholine rings is 1. The van der Waals surface area contributed by atoms with Gasteiger partial charge in [-0.15, -0.1) is 11.3 Å². The largest absolute Gasteiger partial charge is 0.378 e. The minimum Gasteiger partial charge on any atom is -0.378 e. The van der Waals surface area contributed by atoms with Crippen LogP contribution < -0.4 is 16.0 Å². The fourth-order valence-electron chi connectivity index (χ4n) is 5.58. The van der Waals surface area contributed by atoms with E-state index < -0.39 is 0 Å². The van der Waals surface area contributed by atoms with E-state index in [2.05, 4.69) is 40.5 Å². The van der Waals surface area contributed by atoms with Gasteiger partial charge in [-0.2, -0.15) is 0 Å². The molecule has 1 aromatic heterocycles. The van der Waals surface area contributed by atoms with Gasteiger partial charge in [0.1, 0.15) is 6.61 Å². The third kappa shape index (κ3) is 6.90. The van der Waals surface area contributed by atoms with Crippen LogP contribution in [0.4, 0.5) is 11.4 Å². The molecular formula is C31H38N4O4S. The number of nitrogens with zero attached hydrogens (tertiary/aromatic N) is 2. The van der Waals surface area contributed by atoms with Gasteiger partial charge >= 0.3 is 0 Å². The number of amides is 2. The lowest BCUT2D eigenvalue weighted by Gasteiger charge is -2.36. The smallest absolute Gasteiger partial charge is 0.264 e. The number of ether oxygens (including phenoxy) is 2. The summed E-state index contributed by atoms with van der Waals surface area (Å²) in [5.41, 5.74) is 11.0. The molecule has 0 radical (unpaired) electrons. The van der Waals surface area contributed by atoms with Crippen molar-refractivity contribution in [2.24, 2.45) is 5.73 Å². The number of hydrogen-bond donors (Lipinski definition) is 2. The highest BCUT2D eigenvalue weighted by molar-refractivity contribution is 7.12. The zero-order valence-corrected chi connectivity index (χ0v) is 23.8. The van der Waals surface area contributed by atoms with Crippen LogP contribution in [0.2, 0.25) is 0 Å². The molecule has 212 valence electrons. The molecule has 5 rings (SSSR count). The van der Waals surface area contributed by atoms with Crippen molar-refractivity contribution < 1.29 is 19.1 Å². The molecule has 0 spiro atoms. The number of benzene rings is 2. The maximum absolute atomic E-state index is 13.6. The van der Waals surface area contributed by atoms with E-state index in [1.54, 1.807) is 0 Å². The van der Waals surface area contributed by atoms with Crippen molar-refractivity contribution in [1.29, 1.82) is 0 Å². The normalized spacial score (nSPS) is 19.3. The van der Waals surface area contributed by atoms with E-state index in [0.717, 1.165) is 71.7 Å². The van der Waals surface area contributed by atoms with Gasteiger partial charge < -0.3 is 30.3 Å².